The third-order valence-corrected chi connectivity index (χ3v) is 4.47. The predicted octanol–water partition coefficient (Wildman–Crippen LogP) is 4.71. The van der Waals surface area contributed by atoms with Crippen LogP contribution in [-0.4, -0.2) is 27.7 Å². The zero-order chi connectivity index (χ0) is 18.4. The number of hydrogen-bond acceptors (Lipinski definition) is 5. The second-order valence-corrected chi connectivity index (χ2v) is 6.44. The molecule has 0 amide bonds. The number of nitrogens with zero attached hydrogens (tertiary/aromatic N) is 4. The summed E-state index contributed by atoms with van der Waals surface area (Å²) >= 11 is 7.36. The Hall–Kier alpha value is -2.45. The summed E-state index contributed by atoms with van der Waals surface area (Å²) in [6.07, 6.45) is 3.08. The maximum atomic E-state index is 12.1. The molecule has 0 aliphatic heterocycles. The SMILES string of the molecule is FC(F)Oc1ccc(/C=N\n2cnnc2SCc2ccc(Cl)cc2)cc1. The van der Waals surface area contributed by atoms with Gasteiger partial charge in [0.05, 0.1) is 6.21 Å². The van der Waals surface area contributed by atoms with Gasteiger partial charge in [-0.15, -0.1) is 10.2 Å². The Morgan fingerprint density at radius 3 is 2.58 bits per heavy atom. The fourth-order valence-corrected chi connectivity index (χ4v) is 2.93. The monoisotopic (exact) mass is 394 g/mol. The first kappa shape index (κ1) is 18.3. The number of ether oxygens (including phenoxy) is 1. The minimum atomic E-state index is -2.84. The molecule has 0 radical (unpaired) electrons. The highest BCUT2D eigenvalue weighted by Crippen LogP contribution is 2.21. The lowest BCUT2D eigenvalue weighted by Gasteiger charge is -2.04. The smallest absolute Gasteiger partial charge is 0.387 e. The second-order valence-electron chi connectivity index (χ2n) is 5.07. The molecule has 9 heteroatoms. The lowest BCUT2D eigenvalue weighted by atomic mass is 10.2. The van der Waals surface area contributed by atoms with Crippen molar-refractivity contribution < 1.29 is 13.5 Å². The lowest BCUT2D eigenvalue weighted by Crippen LogP contribution is -2.01. The largest absolute Gasteiger partial charge is 0.435 e. The van der Waals surface area contributed by atoms with E-state index in [0.29, 0.717) is 15.9 Å². The highest BCUT2D eigenvalue weighted by atomic mass is 35.5. The molecule has 0 aliphatic carbocycles. The zero-order valence-electron chi connectivity index (χ0n) is 13.3. The number of alkyl halides is 2. The topological polar surface area (TPSA) is 52.3 Å². The van der Waals surface area contributed by atoms with Crippen molar-refractivity contribution in [2.45, 2.75) is 17.5 Å². The van der Waals surface area contributed by atoms with Gasteiger partial charge in [0.25, 0.3) is 0 Å². The van der Waals surface area contributed by atoms with E-state index in [1.54, 1.807) is 23.0 Å². The standard InChI is InChI=1S/C17H13ClF2N4OS/c18-14-5-1-13(2-6-14)10-26-17-23-21-11-24(17)22-9-12-3-7-15(8-4-12)25-16(19)20/h1-9,11,16H,10H2/b22-9-. The molecule has 1 aromatic heterocycles. The molecule has 0 N–H and O–H groups in total. The Balaban J connectivity index is 1.62. The van der Waals surface area contributed by atoms with E-state index in [1.165, 1.54) is 30.2 Å². The highest BCUT2D eigenvalue weighted by molar-refractivity contribution is 7.98. The second kappa shape index (κ2) is 8.77. The normalized spacial score (nSPS) is 11.4. The van der Waals surface area contributed by atoms with Crippen LogP contribution >= 0.6 is 23.4 Å². The van der Waals surface area contributed by atoms with Crippen LogP contribution in [0, 0.1) is 0 Å². The molecule has 0 spiro atoms. The molecule has 2 aromatic carbocycles. The van der Waals surface area contributed by atoms with Gasteiger partial charge < -0.3 is 4.74 Å². The fourth-order valence-electron chi connectivity index (χ4n) is 1.99. The Labute approximate surface area is 157 Å². The number of rotatable bonds is 7. The van der Waals surface area contributed by atoms with Crippen molar-refractivity contribution in [2.24, 2.45) is 5.10 Å². The Bertz CT molecular complexity index is 869. The van der Waals surface area contributed by atoms with E-state index in [4.69, 9.17) is 11.6 Å². The van der Waals surface area contributed by atoms with Gasteiger partial charge in [0.2, 0.25) is 5.16 Å². The van der Waals surface area contributed by atoms with E-state index in [2.05, 4.69) is 20.0 Å². The Kier molecular flexibility index (Phi) is 6.19. The van der Waals surface area contributed by atoms with Gasteiger partial charge in [0.1, 0.15) is 12.1 Å². The summed E-state index contributed by atoms with van der Waals surface area (Å²) in [6, 6.07) is 13.7. The summed E-state index contributed by atoms with van der Waals surface area (Å²) < 4.78 is 30.1. The van der Waals surface area contributed by atoms with Crippen LogP contribution in [0.25, 0.3) is 0 Å². The van der Waals surface area contributed by atoms with E-state index in [0.717, 1.165) is 11.1 Å². The summed E-state index contributed by atoms with van der Waals surface area (Å²) in [4.78, 5) is 0. The van der Waals surface area contributed by atoms with Crippen molar-refractivity contribution >= 4 is 29.6 Å². The van der Waals surface area contributed by atoms with Gasteiger partial charge >= 0.3 is 6.61 Å². The van der Waals surface area contributed by atoms with Gasteiger partial charge in [-0.2, -0.15) is 18.6 Å². The molecule has 26 heavy (non-hydrogen) atoms. The van der Waals surface area contributed by atoms with Crippen molar-refractivity contribution in [2.75, 3.05) is 0 Å². The first-order valence-electron chi connectivity index (χ1n) is 7.46. The van der Waals surface area contributed by atoms with Crippen LogP contribution in [0.1, 0.15) is 11.1 Å². The van der Waals surface area contributed by atoms with Crippen LogP contribution in [0.15, 0.2) is 65.1 Å². The minimum Gasteiger partial charge on any atom is -0.435 e. The number of aromatic nitrogens is 3. The Morgan fingerprint density at radius 1 is 1.15 bits per heavy atom. The van der Waals surface area contributed by atoms with Crippen molar-refractivity contribution in [3.05, 3.63) is 71.0 Å². The first-order valence-corrected chi connectivity index (χ1v) is 8.83. The molecule has 0 bridgehead atoms. The van der Waals surface area contributed by atoms with Gasteiger partial charge in [-0.05, 0) is 47.5 Å². The van der Waals surface area contributed by atoms with E-state index in [-0.39, 0.29) is 5.75 Å². The molecule has 0 aliphatic rings. The molecule has 5 nitrogen and oxygen atoms in total. The van der Waals surface area contributed by atoms with Gasteiger partial charge in [-0.3, -0.25) is 0 Å². The molecular weight excluding hydrogens is 382 g/mol. The molecule has 0 atom stereocenters. The van der Waals surface area contributed by atoms with Crippen LogP contribution in [0.5, 0.6) is 5.75 Å². The van der Waals surface area contributed by atoms with Crippen molar-refractivity contribution in [1.29, 1.82) is 0 Å². The number of hydrogen-bond donors (Lipinski definition) is 0. The average molecular weight is 395 g/mol. The molecule has 3 aromatic rings. The van der Waals surface area contributed by atoms with Gasteiger partial charge in [-0.1, -0.05) is 35.5 Å². The summed E-state index contributed by atoms with van der Waals surface area (Å²) in [5, 5.41) is 13.5. The summed E-state index contributed by atoms with van der Waals surface area (Å²) in [5.41, 5.74) is 1.83. The number of benzene rings is 2. The van der Waals surface area contributed by atoms with E-state index in [1.807, 2.05) is 24.3 Å². The highest BCUT2D eigenvalue weighted by Gasteiger charge is 2.05. The average Bonchev–Trinajstić information content (AvgIpc) is 3.08. The lowest BCUT2D eigenvalue weighted by molar-refractivity contribution is -0.0498. The third kappa shape index (κ3) is 5.27. The molecule has 0 fully saturated rings. The fraction of sp³-hybridized carbons (Fsp3) is 0.118. The quantitative estimate of drug-likeness (QED) is 0.430. The van der Waals surface area contributed by atoms with E-state index in [9.17, 15) is 8.78 Å². The maximum absolute atomic E-state index is 12.1. The molecule has 134 valence electrons. The number of halogens is 3. The van der Waals surface area contributed by atoms with Crippen molar-refractivity contribution in [1.82, 2.24) is 14.9 Å². The van der Waals surface area contributed by atoms with Crippen LogP contribution in [0.3, 0.4) is 0 Å². The number of thioether (sulfide) groups is 1. The molecule has 1 heterocycles. The van der Waals surface area contributed by atoms with Crippen LogP contribution in [0.2, 0.25) is 5.02 Å². The summed E-state index contributed by atoms with van der Waals surface area (Å²) in [7, 11) is 0. The molecular formula is C17H13ClF2N4OS. The van der Waals surface area contributed by atoms with E-state index >= 15 is 0 Å². The third-order valence-electron chi connectivity index (χ3n) is 3.22. The predicted molar refractivity (Wildman–Crippen MR) is 97.1 cm³/mol. The first-order chi connectivity index (χ1) is 12.6. The Morgan fingerprint density at radius 2 is 1.88 bits per heavy atom. The zero-order valence-corrected chi connectivity index (χ0v) is 14.9. The van der Waals surface area contributed by atoms with Crippen LogP contribution in [0.4, 0.5) is 8.78 Å². The molecule has 0 unspecified atom stereocenters. The van der Waals surface area contributed by atoms with Crippen molar-refractivity contribution in [3.8, 4) is 5.75 Å². The van der Waals surface area contributed by atoms with Crippen molar-refractivity contribution in [3.63, 3.8) is 0 Å². The summed E-state index contributed by atoms with van der Waals surface area (Å²) in [5.74, 6) is 0.797. The molecule has 0 saturated carbocycles. The maximum Gasteiger partial charge on any atom is 0.387 e. The van der Waals surface area contributed by atoms with Gasteiger partial charge in [0, 0.05) is 10.8 Å². The van der Waals surface area contributed by atoms with Crippen LogP contribution < -0.4 is 4.74 Å². The van der Waals surface area contributed by atoms with Gasteiger partial charge in [0.15, 0.2) is 0 Å². The van der Waals surface area contributed by atoms with Gasteiger partial charge in [-0.25, -0.2) is 0 Å². The molecule has 3 rings (SSSR count). The van der Waals surface area contributed by atoms with E-state index < -0.39 is 6.61 Å². The van der Waals surface area contributed by atoms with Crippen LogP contribution in [-0.2, 0) is 5.75 Å². The summed E-state index contributed by atoms with van der Waals surface area (Å²) in [6.45, 7) is -2.84. The minimum absolute atomic E-state index is 0.0978. The molecule has 0 saturated heterocycles.